The Balaban J connectivity index is 1.57. The summed E-state index contributed by atoms with van der Waals surface area (Å²) in [4.78, 5) is 28.5. The summed E-state index contributed by atoms with van der Waals surface area (Å²) in [6.45, 7) is 6.64. The highest BCUT2D eigenvalue weighted by atomic mass is 16.4. The van der Waals surface area contributed by atoms with Gasteiger partial charge in [0.1, 0.15) is 0 Å². The largest absolute Gasteiger partial charge is 0.481 e. The highest BCUT2D eigenvalue weighted by molar-refractivity contribution is 5.77. The van der Waals surface area contributed by atoms with Crippen LogP contribution in [0.2, 0.25) is 0 Å². The van der Waals surface area contributed by atoms with Crippen LogP contribution in [0, 0.1) is 17.3 Å². The van der Waals surface area contributed by atoms with Crippen LogP contribution < -0.4 is 0 Å². The van der Waals surface area contributed by atoms with Crippen molar-refractivity contribution in [3.05, 3.63) is 12.7 Å². The van der Waals surface area contributed by atoms with E-state index in [1.165, 1.54) is 25.7 Å². The summed E-state index contributed by atoms with van der Waals surface area (Å²) in [6, 6.07) is 0.132. The smallest absolute Gasteiger partial charge is 0.320 e. The molecule has 0 aromatic carbocycles. The van der Waals surface area contributed by atoms with E-state index in [2.05, 4.69) is 6.58 Å². The van der Waals surface area contributed by atoms with Crippen molar-refractivity contribution in [1.29, 1.82) is 0 Å². The number of carbonyl (C=O) groups is 2. The van der Waals surface area contributed by atoms with Gasteiger partial charge in [-0.2, -0.15) is 0 Å². The van der Waals surface area contributed by atoms with Gasteiger partial charge in [0.05, 0.1) is 5.41 Å². The molecule has 2 amide bonds. The number of fused-ring (bicyclic) bond motifs is 1. The molecule has 0 aromatic rings. The maximum absolute atomic E-state index is 12.8. The molecular weight excluding hydrogens is 304 g/mol. The number of urea groups is 1. The molecule has 1 N–H and O–H groups in total. The number of amides is 2. The molecule has 5 heteroatoms. The third-order valence-electron chi connectivity index (χ3n) is 6.52. The second kappa shape index (κ2) is 7.16. The molecule has 2 aliphatic heterocycles. The molecular formula is C19H30N2O3. The maximum Gasteiger partial charge on any atom is 0.320 e. The van der Waals surface area contributed by atoms with Crippen molar-refractivity contribution in [1.82, 2.24) is 9.80 Å². The molecule has 3 fully saturated rings. The number of allylic oxidation sites excluding steroid dienone is 1. The molecule has 0 spiro atoms. The van der Waals surface area contributed by atoms with Gasteiger partial charge in [-0.25, -0.2) is 4.79 Å². The normalized spacial score (nSPS) is 29.2. The molecule has 2 saturated heterocycles. The Bertz CT molecular complexity index is 483. The first-order chi connectivity index (χ1) is 11.6. The lowest BCUT2D eigenvalue weighted by atomic mass is 9.75. The van der Waals surface area contributed by atoms with Gasteiger partial charge in [-0.05, 0) is 50.4 Å². The number of carboxylic acids is 1. The maximum atomic E-state index is 12.8. The van der Waals surface area contributed by atoms with Crippen LogP contribution in [0.15, 0.2) is 12.7 Å². The fourth-order valence-corrected chi connectivity index (χ4v) is 4.84. The number of hydrogen-bond acceptors (Lipinski definition) is 2. The fourth-order valence-electron chi connectivity index (χ4n) is 4.84. The van der Waals surface area contributed by atoms with Gasteiger partial charge in [-0.15, -0.1) is 6.58 Å². The molecule has 0 unspecified atom stereocenters. The lowest BCUT2D eigenvalue weighted by Crippen LogP contribution is -2.50. The zero-order valence-electron chi connectivity index (χ0n) is 14.6. The van der Waals surface area contributed by atoms with Crippen LogP contribution >= 0.6 is 0 Å². The Morgan fingerprint density at radius 1 is 1.08 bits per heavy atom. The van der Waals surface area contributed by atoms with Gasteiger partial charge in [0, 0.05) is 26.2 Å². The Hall–Kier alpha value is -1.52. The predicted molar refractivity (Wildman–Crippen MR) is 92.7 cm³/mol. The quantitative estimate of drug-likeness (QED) is 0.802. The van der Waals surface area contributed by atoms with Crippen LogP contribution in [-0.2, 0) is 4.79 Å². The first kappa shape index (κ1) is 17.3. The highest BCUT2D eigenvalue weighted by Gasteiger charge is 2.44. The topological polar surface area (TPSA) is 60.9 Å². The summed E-state index contributed by atoms with van der Waals surface area (Å²) in [5.41, 5.74) is -0.677. The first-order valence-electron chi connectivity index (χ1n) is 9.44. The SMILES string of the molecule is C=CCCC1(C(=O)O)CCN(C(=O)N2C[C@H]3CCCC[C@H]3C2)CC1. The number of likely N-dealkylation sites (tertiary alicyclic amines) is 2. The van der Waals surface area contributed by atoms with Crippen molar-refractivity contribution in [2.24, 2.45) is 17.3 Å². The number of aliphatic carboxylic acids is 1. The monoisotopic (exact) mass is 334 g/mol. The number of rotatable bonds is 4. The minimum Gasteiger partial charge on any atom is -0.481 e. The Kier molecular flexibility index (Phi) is 5.16. The molecule has 3 rings (SSSR count). The van der Waals surface area contributed by atoms with Gasteiger partial charge >= 0.3 is 12.0 Å². The first-order valence-corrected chi connectivity index (χ1v) is 9.44. The molecule has 0 aromatic heterocycles. The average molecular weight is 334 g/mol. The van der Waals surface area contributed by atoms with Crippen LogP contribution in [0.1, 0.15) is 51.4 Å². The second-order valence-electron chi connectivity index (χ2n) is 7.89. The number of piperidine rings is 1. The molecule has 134 valence electrons. The third-order valence-corrected chi connectivity index (χ3v) is 6.52. The Morgan fingerprint density at radius 3 is 2.17 bits per heavy atom. The van der Waals surface area contributed by atoms with E-state index in [1.54, 1.807) is 6.08 Å². The van der Waals surface area contributed by atoms with Gasteiger partial charge in [0.25, 0.3) is 0 Å². The van der Waals surface area contributed by atoms with E-state index in [9.17, 15) is 14.7 Å². The number of carboxylic acid groups (broad SMARTS) is 1. The standard InChI is InChI=1S/C19H30N2O3/c1-2-3-8-19(17(22)23)9-11-20(12-10-19)18(24)21-13-15-6-4-5-7-16(15)14-21/h2,15-16H,1,3-14H2,(H,22,23)/t15-,16+. The van der Waals surface area contributed by atoms with Crippen LogP contribution in [0.4, 0.5) is 4.79 Å². The van der Waals surface area contributed by atoms with Crippen molar-refractivity contribution in [3.8, 4) is 0 Å². The lowest BCUT2D eigenvalue weighted by Gasteiger charge is -2.40. The van der Waals surface area contributed by atoms with Gasteiger partial charge in [0.15, 0.2) is 0 Å². The van der Waals surface area contributed by atoms with Gasteiger partial charge < -0.3 is 14.9 Å². The summed E-state index contributed by atoms with van der Waals surface area (Å²) < 4.78 is 0. The van der Waals surface area contributed by atoms with E-state index in [1.807, 2.05) is 9.80 Å². The Morgan fingerprint density at radius 2 is 1.67 bits per heavy atom. The second-order valence-corrected chi connectivity index (χ2v) is 7.89. The van der Waals surface area contributed by atoms with Crippen LogP contribution in [-0.4, -0.2) is 53.1 Å². The van der Waals surface area contributed by atoms with Crippen molar-refractivity contribution < 1.29 is 14.7 Å². The summed E-state index contributed by atoms with van der Waals surface area (Å²) in [6.07, 6.45) is 9.38. The minimum absolute atomic E-state index is 0.132. The molecule has 3 aliphatic rings. The summed E-state index contributed by atoms with van der Waals surface area (Å²) in [5.74, 6) is 0.667. The number of carbonyl (C=O) groups excluding carboxylic acids is 1. The highest BCUT2D eigenvalue weighted by Crippen LogP contribution is 2.39. The summed E-state index contributed by atoms with van der Waals surface area (Å²) >= 11 is 0. The van der Waals surface area contributed by atoms with E-state index in [0.29, 0.717) is 44.2 Å². The zero-order chi connectivity index (χ0) is 17.2. The molecule has 1 aliphatic carbocycles. The third kappa shape index (κ3) is 3.31. The number of hydrogen-bond donors (Lipinski definition) is 1. The molecule has 0 bridgehead atoms. The lowest BCUT2D eigenvalue weighted by molar-refractivity contribution is -0.152. The van der Waals surface area contributed by atoms with E-state index < -0.39 is 11.4 Å². The van der Waals surface area contributed by atoms with Crippen molar-refractivity contribution in [3.63, 3.8) is 0 Å². The molecule has 5 nitrogen and oxygen atoms in total. The molecule has 0 radical (unpaired) electrons. The van der Waals surface area contributed by atoms with E-state index in [4.69, 9.17) is 0 Å². The molecule has 2 atom stereocenters. The summed E-state index contributed by atoms with van der Waals surface area (Å²) in [5, 5.41) is 9.64. The van der Waals surface area contributed by atoms with Crippen molar-refractivity contribution in [2.45, 2.75) is 51.4 Å². The van der Waals surface area contributed by atoms with Crippen LogP contribution in [0.5, 0.6) is 0 Å². The average Bonchev–Trinajstić information content (AvgIpc) is 3.03. The minimum atomic E-state index is -0.719. The predicted octanol–water partition coefficient (Wildman–Crippen LogP) is 3.36. The van der Waals surface area contributed by atoms with Crippen molar-refractivity contribution >= 4 is 12.0 Å². The van der Waals surface area contributed by atoms with Crippen LogP contribution in [0.25, 0.3) is 0 Å². The van der Waals surface area contributed by atoms with E-state index >= 15 is 0 Å². The Labute approximate surface area is 144 Å². The van der Waals surface area contributed by atoms with Gasteiger partial charge in [-0.1, -0.05) is 18.9 Å². The van der Waals surface area contributed by atoms with Crippen LogP contribution in [0.3, 0.4) is 0 Å². The molecule has 24 heavy (non-hydrogen) atoms. The van der Waals surface area contributed by atoms with Gasteiger partial charge in [-0.3, -0.25) is 4.79 Å². The number of nitrogens with zero attached hydrogens (tertiary/aromatic N) is 2. The van der Waals surface area contributed by atoms with Gasteiger partial charge in [0.2, 0.25) is 0 Å². The zero-order valence-corrected chi connectivity index (χ0v) is 14.6. The van der Waals surface area contributed by atoms with Crippen molar-refractivity contribution in [2.75, 3.05) is 26.2 Å². The summed E-state index contributed by atoms with van der Waals surface area (Å²) in [7, 11) is 0. The fraction of sp³-hybridized carbons (Fsp3) is 0.789. The molecule has 1 saturated carbocycles. The van der Waals surface area contributed by atoms with E-state index in [0.717, 1.165) is 19.5 Å². The molecule has 2 heterocycles. The van der Waals surface area contributed by atoms with E-state index in [-0.39, 0.29) is 6.03 Å².